The summed E-state index contributed by atoms with van der Waals surface area (Å²) in [6, 6.07) is 6.82. The number of hydrogen-bond acceptors (Lipinski definition) is 2. The highest BCUT2D eigenvalue weighted by Gasteiger charge is 2.04. The fourth-order valence-electron chi connectivity index (χ4n) is 1.46. The van der Waals surface area contributed by atoms with Crippen molar-refractivity contribution in [2.24, 2.45) is 0 Å². The molecule has 0 radical (unpaired) electrons. The zero-order valence-corrected chi connectivity index (χ0v) is 10.4. The van der Waals surface area contributed by atoms with Crippen molar-refractivity contribution in [3.05, 3.63) is 47.5 Å². The zero-order chi connectivity index (χ0) is 12.8. The Morgan fingerprint density at radius 1 is 1.39 bits per heavy atom. The molecule has 1 heterocycles. The molecule has 0 atom stereocenters. The second-order valence-electron chi connectivity index (χ2n) is 3.69. The molecule has 0 saturated carbocycles. The van der Waals surface area contributed by atoms with Gasteiger partial charge in [-0.25, -0.2) is 9.78 Å². The second-order valence-corrected chi connectivity index (χ2v) is 4.09. The molecule has 2 rings (SSSR count). The molecule has 3 N–H and O–H groups in total. The first-order chi connectivity index (χ1) is 8.75. The molecule has 1 aromatic heterocycles. The average Bonchev–Trinajstić information content (AvgIpc) is 2.85. The number of anilines is 1. The number of H-pyrrole nitrogens is 1. The number of carbonyl (C=O) groups is 1. The van der Waals surface area contributed by atoms with Crippen molar-refractivity contribution < 1.29 is 4.79 Å². The van der Waals surface area contributed by atoms with Crippen LogP contribution < -0.4 is 10.6 Å². The highest BCUT2D eigenvalue weighted by Crippen LogP contribution is 2.19. The van der Waals surface area contributed by atoms with Crippen molar-refractivity contribution in [1.29, 1.82) is 0 Å². The van der Waals surface area contributed by atoms with E-state index in [9.17, 15) is 4.79 Å². The van der Waals surface area contributed by atoms with Crippen molar-refractivity contribution in [2.75, 3.05) is 11.9 Å². The number of benzene rings is 1. The lowest BCUT2D eigenvalue weighted by molar-refractivity contribution is 0.252. The maximum atomic E-state index is 11.6. The summed E-state index contributed by atoms with van der Waals surface area (Å²) in [6.45, 7) is 0.526. The number of carbonyl (C=O) groups excluding carboxylic acids is 1. The van der Waals surface area contributed by atoms with Gasteiger partial charge in [0.25, 0.3) is 0 Å². The van der Waals surface area contributed by atoms with Crippen LogP contribution in [-0.4, -0.2) is 22.5 Å². The van der Waals surface area contributed by atoms with E-state index in [1.54, 1.807) is 24.7 Å². The fourth-order valence-corrected chi connectivity index (χ4v) is 1.64. The van der Waals surface area contributed by atoms with Gasteiger partial charge in [0.2, 0.25) is 0 Å². The fraction of sp³-hybridized carbons (Fsp3) is 0.167. The van der Waals surface area contributed by atoms with E-state index in [1.165, 1.54) is 0 Å². The van der Waals surface area contributed by atoms with Gasteiger partial charge in [-0.1, -0.05) is 23.7 Å². The topological polar surface area (TPSA) is 69.8 Å². The summed E-state index contributed by atoms with van der Waals surface area (Å²) in [6.07, 6.45) is 4.04. The van der Waals surface area contributed by atoms with Crippen LogP contribution in [0.1, 0.15) is 5.69 Å². The minimum Gasteiger partial charge on any atom is -0.348 e. The largest absolute Gasteiger partial charge is 0.348 e. The van der Waals surface area contributed by atoms with E-state index >= 15 is 0 Å². The zero-order valence-electron chi connectivity index (χ0n) is 9.61. The molecule has 0 aliphatic rings. The molecule has 6 heteroatoms. The van der Waals surface area contributed by atoms with Crippen LogP contribution in [0.15, 0.2) is 36.8 Å². The van der Waals surface area contributed by atoms with E-state index in [0.29, 0.717) is 23.7 Å². The molecule has 0 saturated heterocycles. The highest BCUT2D eigenvalue weighted by atomic mass is 35.5. The van der Waals surface area contributed by atoms with Gasteiger partial charge in [0.15, 0.2) is 0 Å². The summed E-state index contributed by atoms with van der Waals surface area (Å²) in [7, 11) is 0. The van der Waals surface area contributed by atoms with Gasteiger partial charge in [-0.3, -0.25) is 0 Å². The van der Waals surface area contributed by atoms with Crippen LogP contribution in [0, 0.1) is 0 Å². The Balaban J connectivity index is 1.77. The van der Waals surface area contributed by atoms with Gasteiger partial charge in [0.05, 0.1) is 17.0 Å². The number of para-hydroxylation sites is 1. The third-order valence-corrected chi connectivity index (χ3v) is 2.69. The molecule has 0 bridgehead atoms. The monoisotopic (exact) mass is 264 g/mol. The quantitative estimate of drug-likeness (QED) is 0.794. The van der Waals surface area contributed by atoms with E-state index in [1.807, 2.05) is 12.1 Å². The van der Waals surface area contributed by atoms with Gasteiger partial charge in [-0.15, -0.1) is 0 Å². The number of halogens is 1. The first kappa shape index (κ1) is 12.4. The molecular weight excluding hydrogens is 252 g/mol. The molecule has 0 aliphatic heterocycles. The van der Waals surface area contributed by atoms with Gasteiger partial charge in [0, 0.05) is 24.9 Å². The third kappa shape index (κ3) is 3.49. The molecule has 0 unspecified atom stereocenters. The molecule has 0 aliphatic carbocycles. The third-order valence-electron chi connectivity index (χ3n) is 2.36. The Morgan fingerprint density at radius 3 is 2.94 bits per heavy atom. The average molecular weight is 265 g/mol. The molecule has 5 nitrogen and oxygen atoms in total. The number of rotatable bonds is 4. The van der Waals surface area contributed by atoms with E-state index < -0.39 is 0 Å². The van der Waals surface area contributed by atoms with Crippen LogP contribution in [0.25, 0.3) is 0 Å². The molecule has 0 spiro atoms. The molecule has 18 heavy (non-hydrogen) atoms. The maximum Gasteiger partial charge on any atom is 0.319 e. The van der Waals surface area contributed by atoms with Crippen LogP contribution in [0.2, 0.25) is 5.02 Å². The lowest BCUT2D eigenvalue weighted by Gasteiger charge is -2.08. The summed E-state index contributed by atoms with van der Waals surface area (Å²) in [5.41, 5.74) is 1.58. The van der Waals surface area contributed by atoms with Gasteiger partial charge in [-0.2, -0.15) is 0 Å². The van der Waals surface area contributed by atoms with Crippen LogP contribution in [0.5, 0.6) is 0 Å². The van der Waals surface area contributed by atoms with Crippen LogP contribution in [0.4, 0.5) is 10.5 Å². The first-order valence-corrected chi connectivity index (χ1v) is 5.90. The minimum atomic E-state index is -0.275. The van der Waals surface area contributed by atoms with Crippen LogP contribution in [-0.2, 0) is 6.42 Å². The number of nitrogens with one attached hydrogen (secondary N) is 3. The Bertz CT molecular complexity index is 513. The Morgan fingerprint density at radius 2 is 2.22 bits per heavy atom. The van der Waals surface area contributed by atoms with Crippen LogP contribution in [0.3, 0.4) is 0 Å². The summed E-state index contributed by atoms with van der Waals surface area (Å²) in [5.74, 6) is 0. The number of nitrogens with zero attached hydrogens (tertiary/aromatic N) is 1. The van der Waals surface area contributed by atoms with Crippen molar-refractivity contribution in [2.45, 2.75) is 6.42 Å². The van der Waals surface area contributed by atoms with Crippen LogP contribution >= 0.6 is 11.6 Å². The van der Waals surface area contributed by atoms with Gasteiger partial charge in [-0.05, 0) is 12.1 Å². The Labute approximate surface area is 110 Å². The lowest BCUT2D eigenvalue weighted by atomic mass is 10.3. The Hall–Kier alpha value is -2.01. The van der Waals surface area contributed by atoms with E-state index in [0.717, 1.165) is 5.69 Å². The van der Waals surface area contributed by atoms with Crippen molar-refractivity contribution >= 4 is 23.3 Å². The highest BCUT2D eigenvalue weighted by molar-refractivity contribution is 6.33. The van der Waals surface area contributed by atoms with Gasteiger partial charge < -0.3 is 15.6 Å². The summed E-state index contributed by atoms with van der Waals surface area (Å²) < 4.78 is 0. The number of imidazole rings is 1. The predicted octanol–water partition coefficient (Wildman–Crippen LogP) is 2.43. The van der Waals surface area contributed by atoms with Crippen molar-refractivity contribution in [3.8, 4) is 0 Å². The molecule has 2 amide bonds. The number of amides is 2. The summed E-state index contributed by atoms with van der Waals surface area (Å²) >= 11 is 5.93. The molecule has 0 fully saturated rings. The standard InChI is InChI=1S/C12H13ClN4O/c13-10-3-1-2-4-11(10)17-12(18)15-6-5-9-7-14-8-16-9/h1-4,7-8H,5-6H2,(H,14,16)(H2,15,17,18). The number of aromatic amines is 1. The smallest absolute Gasteiger partial charge is 0.319 e. The molecule has 2 aromatic rings. The summed E-state index contributed by atoms with van der Waals surface area (Å²) in [5, 5.41) is 5.94. The minimum absolute atomic E-state index is 0.275. The Kier molecular flexibility index (Phi) is 4.20. The van der Waals surface area contributed by atoms with E-state index in [2.05, 4.69) is 20.6 Å². The number of hydrogen-bond donors (Lipinski definition) is 3. The van der Waals surface area contributed by atoms with Crippen molar-refractivity contribution in [3.63, 3.8) is 0 Å². The number of aromatic nitrogens is 2. The molecule has 1 aromatic carbocycles. The predicted molar refractivity (Wildman–Crippen MR) is 70.8 cm³/mol. The van der Waals surface area contributed by atoms with Crippen molar-refractivity contribution in [1.82, 2.24) is 15.3 Å². The normalized spacial score (nSPS) is 10.1. The molecule has 94 valence electrons. The maximum absolute atomic E-state index is 11.6. The second kappa shape index (κ2) is 6.07. The SMILES string of the molecule is O=C(NCCc1cnc[nH]1)Nc1ccccc1Cl. The van der Waals surface area contributed by atoms with E-state index in [-0.39, 0.29) is 6.03 Å². The van der Waals surface area contributed by atoms with Gasteiger partial charge >= 0.3 is 6.03 Å². The first-order valence-electron chi connectivity index (χ1n) is 5.52. The summed E-state index contributed by atoms with van der Waals surface area (Å²) in [4.78, 5) is 18.5. The van der Waals surface area contributed by atoms with Gasteiger partial charge in [0.1, 0.15) is 0 Å². The van der Waals surface area contributed by atoms with E-state index in [4.69, 9.17) is 11.6 Å². The number of urea groups is 1. The lowest BCUT2D eigenvalue weighted by Crippen LogP contribution is -2.30. The molecular formula is C12H13ClN4O.